The lowest BCUT2D eigenvalue weighted by atomic mass is 9.87. The highest BCUT2D eigenvalue weighted by atomic mass is 16.4. The lowest BCUT2D eigenvalue weighted by molar-refractivity contribution is -0.137. The number of carboxylic acids is 1. The van der Waals surface area contributed by atoms with Crippen LogP contribution < -0.4 is 0 Å². The Labute approximate surface area is 125 Å². The van der Waals surface area contributed by atoms with Crippen LogP contribution in [0.2, 0.25) is 0 Å². The van der Waals surface area contributed by atoms with Gasteiger partial charge in [0.1, 0.15) is 0 Å². The highest BCUT2D eigenvalue weighted by molar-refractivity contribution is 5.66. The molecule has 118 valence electrons. The van der Waals surface area contributed by atoms with Crippen LogP contribution in [0, 0.1) is 11.8 Å². The topological polar surface area (TPSA) is 37.3 Å². The molecule has 0 bridgehead atoms. The molecule has 1 aliphatic rings. The highest BCUT2D eigenvalue weighted by Gasteiger charge is 2.25. The Balaban J connectivity index is 2.01. The van der Waals surface area contributed by atoms with Gasteiger partial charge in [0.15, 0.2) is 0 Å². The van der Waals surface area contributed by atoms with Crippen molar-refractivity contribution in [2.45, 2.75) is 96.8 Å². The number of carbonyl (C=O) groups is 1. The van der Waals surface area contributed by atoms with Gasteiger partial charge in [-0.1, -0.05) is 84.0 Å². The number of hydrogen-bond donors (Lipinski definition) is 1. The molecule has 1 aliphatic carbocycles. The fourth-order valence-electron chi connectivity index (χ4n) is 3.74. The van der Waals surface area contributed by atoms with Crippen molar-refractivity contribution in [2.75, 3.05) is 0 Å². The fourth-order valence-corrected chi connectivity index (χ4v) is 3.74. The smallest absolute Gasteiger partial charge is 0.303 e. The van der Waals surface area contributed by atoms with E-state index in [-0.39, 0.29) is 0 Å². The zero-order valence-electron chi connectivity index (χ0n) is 13.4. The summed E-state index contributed by atoms with van der Waals surface area (Å²) in [4.78, 5) is 10.4. The summed E-state index contributed by atoms with van der Waals surface area (Å²) in [7, 11) is 0. The van der Waals surface area contributed by atoms with E-state index in [0.717, 1.165) is 24.7 Å². The summed E-state index contributed by atoms with van der Waals surface area (Å²) in [6.45, 7) is 2.28. The summed E-state index contributed by atoms with van der Waals surface area (Å²) < 4.78 is 0. The molecular weight excluding hydrogens is 248 g/mol. The third kappa shape index (κ3) is 7.91. The molecule has 0 saturated heterocycles. The first-order valence-corrected chi connectivity index (χ1v) is 8.95. The van der Waals surface area contributed by atoms with E-state index in [1.807, 2.05) is 0 Å². The molecule has 0 amide bonds. The molecule has 1 fully saturated rings. The molecule has 1 saturated carbocycles. The van der Waals surface area contributed by atoms with Crippen LogP contribution in [0.3, 0.4) is 0 Å². The predicted octanol–water partition coefficient (Wildman–Crippen LogP) is 5.80. The Hall–Kier alpha value is -0.530. The van der Waals surface area contributed by atoms with Gasteiger partial charge in [-0.3, -0.25) is 4.79 Å². The Morgan fingerprint density at radius 3 is 2.00 bits per heavy atom. The third-order valence-corrected chi connectivity index (χ3v) is 4.96. The minimum Gasteiger partial charge on any atom is -0.481 e. The zero-order chi connectivity index (χ0) is 14.6. The van der Waals surface area contributed by atoms with Crippen molar-refractivity contribution in [1.29, 1.82) is 0 Å². The summed E-state index contributed by atoms with van der Waals surface area (Å²) in [5, 5.41) is 8.60. The second kappa shape index (κ2) is 11.2. The number of rotatable bonds is 12. The Morgan fingerprint density at radius 2 is 1.45 bits per heavy atom. The summed E-state index contributed by atoms with van der Waals surface area (Å²) in [5.74, 6) is 1.34. The van der Waals surface area contributed by atoms with E-state index in [2.05, 4.69) is 6.92 Å². The van der Waals surface area contributed by atoms with Crippen LogP contribution in [0.25, 0.3) is 0 Å². The van der Waals surface area contributed by atoms with Gasteiger partial charge in [-0.25, -0.2) is 0 Å². The maximum Gasteiger partial charge on any atom is 0.303 e. The van der Waals surface area contributed by atoms with Crippen molar-refractivity contribution in [1.82, 2.24) is 0 Å². The fraction of sp³-hybridized carbons (Fsp3) is 0.944. The molecule has 2 atom stereocenters. The maximum absolute atomic E-state index is 10.4. The van der Waals surface area contributed by atoms with E-state index in [1.54, 1.807) is 0 Å². The number of carboxylic acid groups (broad SMARTS) is 1. The summed E-state index contributed by atoms with van der Waals surface area (Å²) >= 11 is 0. The van der Waals surface area contributed by atoms with Gasteiger partial charge in [-0.2, -0.15) is 0 Å². The molecule has 0 radical (unpaired) electrons. The molecule has 0 unspecified atom stereocenters. The Bertz CT molecular complexity index is 250. The molecule has 1 N–H and O–H groups in total. The molecule has 0 spiro atoms. The first-order chi connectivity index (χ1) is 9.74. The lowest BCUT2D eigenvalue weighted by Gasteiger charge is -2.19. The van der Waals surface area contributed by atoms with Gasteiger partial charge in [0.05, 0.1) is 0 Å². The summed E-state index contributed by atoms with van der Waals surface area (Å²) in [6, 6.07) is 0. The summed E-state index contributed by atoms with van der Waals surface area (Å²) in [5.41, 5.74) is 0. The van der Waals surface area contributed by atoms with Crippen molar-refractivity contribution >= 4 is 5.97 Å². The van der Waals surface area contributed by atoms with Gasteiger partial charge >= 0.3 is 5.97 Å². The molecule has 2 heteroatoms. The second-order valence-electron chi connectivity index (χ2n) is 6.65. The molecule has 20 heavy (non-hydrogen) atoms. The first-order valence-electron chi connectivity index (χ1n) is 8.95. The van der Waals surface area contributed by atoms with Gasteiger partial charge in [-0.15, -0.1) is 0 Å². The van der Waals surface area contributed by atoms with E-state index < -0.39 is 5.97 Å². The average molecular weight is 282 g/mol. The molecule has 1 rings (SSSR count). The quantitative estimate of drug-likeness (QED) is 0.459. The van der Waals surface area contributed by atoms with Crippen molar-refractivity contribution < 1.29 is 9.90 Å². The average Bonchev–Trinajstić information content (AvgIpc) is 2.86. The van der Waals surface area contributed by atoms with Crippen LogP contribution in [0.15, 0.2) is 0 Å². The van der Waals surface area contributed by atoms with Gasteiger partial charge in [0.2, 0.25) is 0 Å². The molecule has 0 aromatic rings. The van der Waals surface area contributed by atoms with E-state index >= 15 is 0 Å². The Kier molecular flexibility index (Phi) is 9.78. The third-order valence-electron chi connectivity index (χ3n) is 4.96. The molecule has 0 heterocycles. The largest absolute Gasteiger partial charge is 0.481 e. The van der Waals surface area contributed by atoms with E-state index in [4.69, 9.17) is 5.11 Å². The van der Waals surface area contributed by atoms with Gasteiger partial charge in [0, 0.05) is 6.42 Å². The van der Waals surface area contributed by atoms with Crippen LogP contribution in [0.1, 0.15) is 96.8 Å². The van der Waals surface area contributed by atoms with Crippen molar-refractivity contribution in [3.8, 4) is 0 Å². The van der Waals surface area contributed by atoms with Crippen molar-refractivity contribution in [3.05, 3.63) is 0 Å². The number of aliphatic carboxylic acids is 1. The SMILES string of the molecule is CCCCCC[C@H]1CCC[C@@H]1CCCCCCC(=O)O. The Morgan fingerprint density at radius 1 is 0.900 bits per heavy atom. The van der Waals surface area contributed by atoms with Gasteiger partial charge in [-0.05, 0) is 18.3 Å². The first kappa shape index (κ1) is 17.5. The van der Waals surface area contributed by atoms with E-state index in [1.165, 1.54) is 70.6 Å². The monoisotopic (exact) mass is 282 g/mol. The number of unbranched alkanes of at least 4 members (excludes halogenated alkanes) is 6. The summed E-state index contributed by atoms with van der Waals surface area (Å²) in [6.07, 6.45) is 17.7. The van der Waals surface area contributed by atoms with Gasteiger partial charge in [0.25, 0.3) is 0 Å². The highest BCUT2D eigenvalue weighted by Crippen LogP contribution is 2.38. The van der Waals surface area contributed by atoms with Crippen LogP contribution in [-0.2, 0) is 4.79 Å². The minimum absolute atomic E-state index is 0.351. The maximum atomic E-state index is 10.4. The van der Waals surface area contributed by atoms with Crippen LogP contribution in [-0.4, -0.2) is 11.1 Å². The predicted molar refractivity (Wildman–Crippen MR) is 84.9 cm³/mol. The zero-order valence-corrected chi connectivity index (χ0v) is 13.4. The van der Waals surface area contributed by atoms with Crippen LogP contribution >= 0.6 is 0 Å². The molecular formula is C18H34O2. The molecule has 0 aromatic carbocycles. The van der Waals surface area contributed by atoms with Crippen molar-refractivity contribution in [3.63, 3.8) is 0 Å². The molecule has 0 aliphatic heterocycles. The van der Waals surface area contributed by atoms with E-state index in [9.17, 15) is 4.79 Å². The van der Waals surface area contributed by atoms with Gasteiger partial charge < -0.3 is 5.11 Å². The van der Waals surface area contributed by atoms with Crippen LogP contribution in [0.5, 0.6) is 0 Å². The second-order valence-corrected chi connectivity index (χ2v) is 6.65. The molecule has 0 aromatic heterocycles. The normalized spacial score (nSPS) is 22.2. The minimum atomic E-state index is -0.645. The van der Waals surface area contributed by atoms with Crippen molar-refractivity contribution in [2.24, 2.45) is 11.8 Å². The standard InChI is InChI=1S/C18H34O2/c1-2-3-4-7-11-16-13-10-14-17(16)12-8-5-6-9-15-18(19)20/h16-17H,2-15H2,1H3,(H,19,20)/t16-,17-/m0/s1. The van der Waals surface area contributed by atoms with Crippen LogP contribution in [0.4, 0.5) is 0 Å². The van der Waals surface area contributed by atoms with E-state index in [0.29, 0.717) is 6.42 Å². The molecule has 2 nitrogen and oxygen atoms in total. The number of hydrogen-bond acceptors (Lipinski definition) is 1. The lowest BCUT2D eigenvalue weighted by Crippen LogP contribution is -2.08.